The van der Waals surface area contributed by atoms with Crippen LogP contribution in [0, 0.1) is 3.57 Å². The Balaban J connectivity index is 2.12. The third kappa shape index (κ3) is 5.55. The first kappa shape index (κ1) is 25.2. The Bertz CT molecular complexity index is 1310. The minimum Gasteiger partial charge on any atom is -0.493 e. The summed E-state index contributed by atoms with van der Waals surface area (Å²) in [5.41, 5.74) is 0.533. The fourth-order valence-corrected chi connectivity index (χ4v) is 4.14. The molecule has 3 rings (SSSR count). The number of benzene rings is 2. The monoisotopic (exact) mass is 627 g/mol. The van der Waals surface area contributed by atoms with E-state index in [9.17, 15) is 9.59 Å². The van der Waals surface area contributed by atoms with Gasteiger partial charge in [-0.15, -0.1) is 0 Å². The molecule has 0 spiro atoms. The van der Waals surface area contributed by atoms with Crippen LogP contribution < -0.4 is 15.0 Å². The summed E-state index contributed by atoms with van der Waals surface area (Å²) in [6, 6.07) is 8.81. The molecular weight excluding hydrogens is 605 g/mol. The van der Waals surface area contributed by atoms with E-state index in [2.05, 4.69) is 21.0 Å². The number of aliphatic carboxylic acids is 1. The maximum atomic E-state index is 13.3. The molecule has 2 aromatic carbocycles. The zero-order valence-corrected chi connectivity index (χ0v) is 22.5. The number of hydrogen-bond acceptors (Lipinski definition) is 6. The van der Waals surface area contributed by atoms with Gasteiger partial charge in [0.1, 0.15) is 5.82 Å². The van der Waals surface area contributed by atoms with Gasteiger partial charge in [-0.25, -0.2) is 9.78 Å². The lowest BCUT2D eigenvalue weighted by molar-refractivity contribution is -0.144. The van der Waals surface area contributed by atoms with Gasteiger partial charge in [0.05, 0.1) is 27.8 Å². The first-order valence-corrected chi connectivity index (χ1v) is 11.8. The van der Waals surface area contributed by atoms with E-state index < -0.39 is 17.5 Å². The van der Waals surface area contributed by atoms with E-state index in [1.807, 2.05) is 49.4 Å². The molecule has 10 heteroatoms. The molecule has 3 aromatic rings. The van der Waals surface area contributed by atoms with E-state index in [1.165, 1.54) is 24.9 Å². The molecule has 0 unspecified atom stereocenters. The van der Waals surface area contributed by atoms with Crippen LogP contribution >= 0.6 is 38.5 Å². The molecule has 0 aliphatic heterocycles. The van der Waals surface area contributed by atoms with E-state index in [0.29, 0.717) is 37.4 Å². The first-order chi connectivity index (χ1) is 15.4. The van der Waals surface area contributed by atoms with Crippen LogP contribution in [0.5, 0.6) is 11.5 Å². The minimum atomic E-state index is -1.08. The molecule has 1 aromatic heterocycles. The molecule has 33 heavy (non-hydrogen) atoms. The minimum absolute atomic E-state index is 0.278. The zero-order valence-electron chi connectivity index (χ0n) is 18.7. The number of rotatable bonds is 6. The summed E-state index contributed by atoms with van der Waals surface area (Å²) in [5, 5.41) is 14.1. The number of methoxy groups -OCH3 is 1. The maximum absolute atomic E-state index is 13.3. The van der Waals surface area contributed by atoms with Gasteiger partial charge in [0.25, 0.3) is 5.56 Å². The average Bonchev–Trinajstić information content (AvgIpc) is 2.73. The molecule has 8 nitrogen and oxygen atoms in total. The lowest BCUT2D eigenvalue weighted by Gasteiger charge is -2.21. The van der Waals surface area contributed by atoms with Crippen molar-refractivity contribution in [3.05, 3.63) is 60.1 Å². The highest BCUT2D eigenvalue weighted by molar-refractivity contribution is 14.1. The molecule has 0 aliphatic carbocycles. The number of carboxylic acids is 1. The topological polar surface area (TPSA) is 103 Å². The molecule has 0 aliphatic rings. The molecular formula is C23H23BrIN3O5. The van der Waals surface area contributed by atoms with Crippen molar-refractivity contribution in [2.45, 2.75) is 39.2 Å². The molecule has 1 N–H and O–H groups in total. The second kappa shape index (κ2) is 9.80. The number of fused-ring (bicyclic) bond motifs is 1. The molecule has 0 amide bonds. The molecule has 0 bridgehead atoms. The van der Waals surface area contributed by atoms with Gasteiger partial charge in [0, 0.05) is 9.89 Å². The SMILES string of the molecule is COc1cc(C=Nn2c(C(C)(C)C)nc3ccc(Br)cc3c2=O)cc(I)c1O[C@@H](C)C(=O)O. The molecule has 1 atom stereocenters. The van der Waals surface area contributed by atoms with Crippen molar-refractivity contribution in [2.24, 2.45) is 5.10 Å². The van der Waals surface area contributed by atoms with Gasteiger partial charge >= 0.3 is 5.97 Å². The number of nitrogens with zero attached hydrogens (tertiary/aromatic N) is 3. The Morgan fingerprint density at radius 1 is 1.30 bits per heavy atom. The highest BCUT2D eigenvalue weighted by Crippen LogP contribution is 2.34. The van der Waals surface area contributed by atoms with E-state index >= 15 is 0 Å². The summed E-state index contributed by atoms with van der Waals surface area (Å²) in [6.45, 7) is 7.34. The molecule has 174 valence electrons. The number of aromatic nitrogens is 2. The van der Waals surface area contributed by atoms with Crippen LogP contribution in [-0.4, -0.2) is 40.2 Å². The third-order valence-corrected chi connectivity index (χ3v) is 5.99. The fourth-order valence-electron chi connectivity index (χ4n) is 3.02. The largest absolute Gasteiger partial charge is 0.493 e. The van der Waals surface area contributed by atoms with E-state index in [0.717, 1.165) is 4.47 Å². The normalized spacial score (nSPS) is 12.8. The van der Waals surface area contributed by atoms with Crippen molar-refractivity contribution in [3.8, 4) is 11.5 Å². The van der Waals surface area contributed by atoms with Gasteiger partial charge < -0.3 is 14.6 Å². The summed E-state index contributed by atoms with van der Waals surface area (Å²) < 4.78 is 13.7. The standard InChI is InChI=1S/C23H23BrIN3O5/c1-12(21(30)31)33-19-16(25)8-13(9-18(19)32-5)11-26-28-20(29)15-10-14(24)6-7-17(15)27-22(28)23(2,3)4/h6-12H,1-5H3,(H,30,31)/t12-/m0/s1. The van der Waals surface area contributed by atoms with Crippen LogP contribution in [0.2, 0.25) is 0 Å². The van der Waals surface area contributed by atoms with E-state index in [1.54, 1.807) is 24.3 Å². The average molecular weight is 628 g/mol. The summed E-state index contributed by atoms with van der Waals surface area (Å²) in [7, 11) is 1.47. The van der Waals surface area contributed by atoms with Crippen LogP contribution in [0.25, 0.3) is 10.9 Å². The lowest BCUT2D eigenvalue weighted by Crippen LogP contribution is -2.29. The van der Waals surface area contributed by atoms with Gasteiger partial charge in [-0.05, 0) is 65.4 Å². The van der Waals surface area contributed by atoms with Gasteiger partial charge in [0.15, 0.2) is 17.6 Å². The first-order valence-electron chi connectivity index (χ1n) is 9.96. The molecule has 0 saturated carbocycles. The van der Waals surface area contributed by atoms with Gasteiger partial charge in [-0.2, -0.15) is 9.78 Å². The molecule has 0 radical (unpaired) electrons. The van der Waals surface area contributed by atoms with Gasteiger partial charge in [-0.1, -0.05) is 36.7 Å². The van der Waals surface area contributed by atoms with Crippen molar-refractivity contribution < 1.29 is 19.4 Å². The molecule has 0 saturated heterocycles. The van der Waals surface area contributed by atoms with Crippen LogP contribution in [0.4, 0.5) is 0 Å². The fraction of sp³-hybridized carbons (Fsp3) is 0.304. The Labute approximate surface area is 212 Å². The van der Waals surface area contributed by atoms with Crippen LogP contribution in [-0.2, 0) is 10.2 Å². The third-order valence-electron chi connectivity index (χ3n) is 4.70. The second-order valence-corrected chi connectivity index (χ2v) is 10.4. The predicted octanol–water partition coefficient (Wildman–Crippen LogP) is 4.80. The smallest absolute Gasteiger partial charge is 0.344 e. The van der Waals surface area contributed by atoms with Crippen molar-refractivity contribution in [1.82, 2.24) is 9.66 Å². The summed E-state index contributed by atoms with van der Waals surface area (Å²) in [6.07, 6.45) is 0.500. The number of carbonyl (C=O) groups is 1. The van der Waals surface area contributed by atoms with Crippen LogP contribution in [0.1, 0.15) is 39.1 Å². The van der Waals surface area contributed by atoms with Crippen LogP contribution in [0.3, 0.4) is 0 Å². The lowest BCUT2D eigenvalue weighted by atomic mass is 9.95. The number of hydrogen-bond donors (Lipinski definition) is 1. The predicted molar refractivity (Wildman–Crippen MR) is 139 cm³/mol. The Kier molecular flexibility index (Phi) is 7.47. The van der Waals surface area contributed by atoms with E-state index in [4.69, 9.17) is 19.6 Å². The highest BCUT2D eigenvalue weighted by atomic mass is 127. The van der Waals surface area contributed by atoms with Gasteiger partial charge in [-0.3, -0.25) is 4.79 Å². The summed E-state index contributed by atoms with van der Waals surface area (Å²) >= 11 is 5.45. The number of carboxylic acid groups (broad SMARTS) is 1. The quantitative estimate of drug-likeness (QED) is 0.311. The Hall–Kier alpha value is -2.47. The Morgan fingerprint density at radius 3 is 2.61 bits per heavy atom. The Morgan fingerprint density at radius 2 is 2.00 bits per heavy atom. The zero-order chi connectivity index (χ0) is 24.5. The highest BCUT2D eigenvalue weighted by Gasteiger charge is 2.23. The van der Waals surface area contributed by atoms with Gasteiger partial charge in [0.2, 0.25) is 0 Å². The number of halogens is 2. The summed E-state index contributed by atoms with van der Waals surface area (Å²) in [5.74, 6) is 0.133. The summed E-state index contributed by atoms with van der Waals surface area (Å²) in [4.78, 5) is 29.2. The van der Waals surface area contributed by atoms with E-state index in [-0.39, 0.29) is 5.56 Å². The number of ether oxygens (including phenoxy) is 2. The van der Waals surface area contributed by atoms with Crippen molar-refractivity contribution >= 4 is 61.6 Å². The molecule has 0 fully saturated rings. The van der Waals surface area contributed by atoms with Crippen molar-refractivity contribution in [1.29, 1.82) is 0 Å². The molecule has 1 heterocycles. The second-order valence-electron chi connectivity index (χ2n) is 8.34. The maximum Gasteiger partial charge on any atom is 0.344 e. The van der Waals surface area contributed by atoms with Crippen LogP contribution in [0.15, 0.2) is 44.7 Å². The van der Waals surface area contributed by atoms with Crippen molar-refractivity contribution in [3.63, 3.8) is 0 Å². The van der Waals surface area contributed by atoms with Crippen molar-refractivity contribution in [2.75, 3.05) is 7.11 Å².